The Hall–Kier alpha value is -3.99. The van der Waals surface area contributed by atoms with E-state index in [-0.39, 0.29) is 11.7 Å². The summed E-state index contributed by atoms with van der Waals surface area (Å²) in [7, 11) is 0. The Morgan fingerprint density at radius 2 is 1.68 bits per heavy atom. The van der Waals surface area contributed by atoms with Gasteiger partial charge in [0.2, 0.25) is 0 Å². The smallest absolute Gasteiger partial charge is 0.277 e. The van der Waals surface area contributed by atoms with Crippen molar-refractivity contribution in [1.29, 1.82) is 0 Å². The molecule has 0 aromatic heterocycles. The number of carbonyl (C=O) groups excluding carboxylic acids is 2. The molecule has 0 radical (unpaired) electrons. The zero-order valence-corrected chi connectivity index (χ0v) is 16.9. The predicted molar refractivity (Wildman–Crippen MR) is 120 cm³/mol. The molecule has 1 N–H and O–H groups in total. The molecule has 5 rings (SSSR count). The van der Waals surface area contributed by atoms with Crippen LogP contribution in [0.25, 0.3) is 6.08 Å². The third-order valence-corrected chi connectivity index (χ3v) is 5.75. The number of nitrogens with zero attached hydrogens (tertiary/aromatic N) is 1. The second-order valence-electron chi connectivity index (χ2n) is 7.75. The van der Waals surface area contributed by atoms with Gasteiger partial charge in [0.15, 0.2) is 5.78 Å². The van der Waals surface area contributed by atoms with Gasteiger partial charge in [-0.2, -0.15) is 0 Å². The van der Waals surface area contributed by atoms with Crippen molar-refractivity contribution in [3.63, 3.8) is 0 Å². The van der Waals surface area contributed by atoms with Crippen LogP contribution >= 0.6 is 0 Å². The highest BCUT2D eigenvalue weighted by atomic mass is 16.7. The highest BCUT2D eigenvalue weighted by molar-refractivity contribution is 6.23. The van der Waals surface area contributed by atoms with Crippen LogP contribution in [0.2, 0.25) is 0 Å². The van der Waals surface area contributed by atoms with Crippen LogP contribution in [0.5, 0.6) is 0 Å². The van der Waals surface area contributed by atoms with Gasteiger partial charge in [-0.15, -0.1) is 0 Å². The van der Waals surface area contributed by atoms with Crippen molar-refractivity contribution in [3.8, 4) is 0 Å². The number of oxime groups is 1. The van der Waals surface area contributed by atoms with Crippen LogP contribution in [0.15, 0.2) is 90.1 Å². The van der Waals surface area contributed by atoms with Crippen molar-refractivity contribution in [2.45, 2.75) is 12.5 Å². The van der Waals surface area contributed by atoms with Crippen molar-refractivity contribution >= 4 is 29.2 Å². The molecule has 152 valence electrons. The molecule has 0 unspecified atom stereocenters. The third kappa shape index (κ3) is 3.06. The van der Waals surface area contributed by atoms with Crippen LogP contribution in [0.1, 0.15) is 27.0 Å². The lowest BCUT2D eigenvalue weighted by molar-refractivity contribution is -0.140. The van der Waals surface area contributed by atoms with Crippen LogP contribution in [0.4, 0.5) is 5.69 Å². The number of nitrogens with one attached hydrogen (secondary N) is 1. The van der Waals surface area contributed by atoms with E-state index in [1.165, 1.54) is 0 Å². The molecule has 3 aromatic carbocycles. The Morgan fingerprint density at radius 1 is 0.968 bits per heavy atom. The van der Waals surface area contributed by atoms with Gasteiger partial charge in [0.25, 0.3) is 11.5 Å². The molecule has 1 spiro atoms. The minimum absolute atomic E-state index is 0.208. The molecule has 0 aliphatic carbocycles. The third-order valence-electron chi connectivity index (χ3n) is 5.75. The fraction of sp³-hybridized carbons (Fsp3) is 0.115. The molecule has 5 heteroatoms. The van der Waals surface area contributed by atoms with Gasteiger partial charge in [-0.25, -0.2) is 0 Å². The Morgan fingerprint density at radius 3 is 2.45 bits per heavy atom. The van der Waals surface area contributed by atoms with Gasteiger partial charge >= 0.3 is 0 Å². The first-order chi connectivity index (χ1) is 15.1. The molecule has 0 saturated heterocycles. The average molecular weight is 408 g/mol. The first-order valence-electron chi connectivity index (χ1n) is 10.1. The lowest BCUT2D eigenvalue weighted by Gasteiger charge is -2.26. The van der Waals surface area contributed by atoms with E-state index in [0.717, 1.165) is 11.1 Å². The minimum Gasteiger partial charge on any atom is -0.373 e. The molecule has 0 fully saturated rings. The van der Waals surface area contributed by atoms with E-state index >= 15 is 0 Å². The molecule has 0 bridgehead atoms. The maximum Gasteiger partial charge on any atom is 0.277 e. The molecule has 2 heterocycles. The Balaban J connectivity index is 1.61. The lowest BCUT2D eigenvalue weighted by Crippen LogP contribution is -2.46. The zero-order valence-electron chi connectivity index (χ0n) is 16.9. The minimum atomic E-state index is -1.52. The van der Waals surface area contributed by atoms with Crippen LogP contribution in [-0.4, -0.2) is 17.4 Å². The summed E-state index contributed by atoms with van der Waals surface area (Å²) < 4.78 is 0. The summed E-state index contributed by atoms with van der Waals surface area (Å²) in [6, 6.07) is 24.3. The molecule has 2 aliphatic rings. The van der Waals surface area contributed by atoms with E-state index in [1.54, 1.807) is 24.3 Å². The fourth-order valence-corrected chi connectivity index (χ4v) is 4.14. The Bertz CT molecular complexity index is 1230. The molecule has 3 aromatic rings. The summed E-state index contributed by atoms with van der Waals surface area (Å²) in [5.74, 6) is -1.49. The van der Waals surface area contributed by atoms with Crippen LogP contribution in [0.3, 0.4) is 0 Å². The van der Waals surface area contributed by atoms with Crippen molar-refractivity contribution in [1.82, 2.24) is 0 Å². The number of amides is 1. The lowest BCUT2D eigenvalue weighted by atomic mass is 9.75. The van der Waals surface area contributed by atoms with E-state index in [0.29, 0.717) is 22.5 Å². The van der Waals surface area contributed by atoms with E-state index in [1.807, 2.05) is 73.7 Å². The van der Waals surface area contributed by atoms with E-state index in [9.17, 15) is 9.59 Å². The number of carbonyl (C=O) groups is 2. The maximum absolute atomic E-state index is 13.7. The summed E-state index contributed by atoms with van der Waals surface area (Å²) in [5, 5.41) is 7.09. The van der Waals surface area contributed by atoms with Crippen LogP contribution < -0.4 is 5.32 Å². The number of Topliss-reactive ketones (excluding diaryl/α,β-unsaturated/α-hetero) is 1. The predicted octanol–water partition coefficient (Wildman–Crippen LogP) is 4.74. The van der Waals surface area contributed by atoms with Gasteiger partial charge in [0.05, 0.1) is 5.71 Å². The number of ketones is 1. The van der Waals surface area contributed by atoms with Crippen molar-refractivity contribution < 1.29 is 14.4 Å². The summed E-state index contributed by atoms with van der Waals surface area (Å²) in [5.41, 5.74) is 2.68. The van der Waals surface area contributed by atoms with E-state index in [4.69, 9.17) is 4.84 Å². The van der Waals surface area contributed by atoms with Gasteiger partial charge in [-0.05, 0) is 24.6 Å². The normalized spacial score (nSPS) is 21.6. The van der Waals surface area contributed by atoms with Gasteiger partial charge in [0.1, 0.15) is 5.92 Å². The summed E-state index contributed by atoms with van der Waals surface area (Å²) in [6.07, 6.45) is 3.63. The number of para-hydroxylation sites is 1. The quantitative estimate of drug-likeness (QED) is 0.634. The molecular weight excluding hydrogens is 388 g/mol. The van der Waals surface area contributed by atoms with Crippen molar-refractivity contribution in [3.05, 3.63) is 107 Å². The van der Waals surface area contributed by atoms with E-state index in [2.05, 4.69) is 10.5 Å². The summed E-state index contributed by atoms with van der Waals surface area (Å²) in [6.45, 7) is 1.96. The number of anilines is 1. The maximum atomic E-state index is 13.7. The number of allylic oxidation sites excluding steroid dienone is 1. The number of benzene rings is 3. The second kappa shape index (κ2) is 7.36. The van der Waals surface area contributed by atoms with Gasteiger partial charge < -0.3 is 10.2 Å². The van der Waals surface area contributed by atoms with Crippen molar-refractivity contribution in [2.75, 3.05) is 5.32 Å². The monoisotopic (exact) mass is 408 g/mol. The van der Waals surface area contributed by atoms with Gasteiger partial charge in [-0.3, -0.25) is 9.59 Å². The Kier molecular flexibility index (Phi) is 4.51. The van der Waals surface area contributed by atoms with Gasteiger partial charge in [-0.1, -0.05) is 89.6 Å². The molecule has 2 atom stereocenters. The number of aryl methyl sites for hydroxylation is 1. The highest BCUT2D eigenvalue weighted by Crippen LogP contribution is 2.49. The first kappa shape index (κ1) is 19.0. The van der Waals surface area contributed by atoms with Crippen LogP contribution in [-0.2, 0) is 15.2 Å². The Labute approximate surface area is 180 Å². The number of hydrogen-bond donors (Lipinski definition) is 1. The summed E-state index contributed by atoms with van der Waals surface area (Å²) in [4.78, 5) is 32.7. The van der Waals surface area contributed by atoms with E-state index < -0.39 is 11.5 Å². The molecule has 2 aliphatic heterocycles. The molecule has 31 heavy (non-hydrogen) atoms. The topological polar surface area (TPSA) is 67.8 Å². The molecule has 0 saturated carbocycles. The number of fused-ring (bicyclic) bond motifs is 2. The molecular formula is C26H20N2O3. The zero-order chi connectivity index (χ0) is 21.4. The van der Waals surface area contributed by atoms with Gasteiger partial charge in [0, 0.05) is 16.8 Å². The standard InChI is InChI=1S/C26H20N2O3/c1-17-11-14-19(15-12-17)24(29)23-22(16-13-18-7-3-2-4-8-18)28-31-26(23)20-9-5-6-10-21(20)27-25(26)30/h2-16,23H,1H3,(H,27,30)/b16-13+/t23-,26+/m0/s1. The second-order valence-corrected chi connectivity index (χ2v) is 7.75. The number of hydrogen-bond acceptors (Lipinski definition) is 4. The SMILES string of the molecule is Cc1ccc(C(=O)[C@@H]2C(/C=C/c3ccccc3)=NO[C@@]23C(=O)Nc2ccccc23)cc1. The number of rotatable bonds is 4. The highest BCUT2D eigenvalue weighted by Gasteiger charge is 2.62. The van der Waals surface area contributed by atoms with Crippen molar-refractivity contribution in [2.24, 2.45) is 11.1 Å². The summed E-state index contributed by atoms with van der Waals surface area (Å²) >= 11 is 0. The largest absolute Gasteiger partial charge is 0.373 e. The average Bonchev–Trinajstić information content (AvgIpc) is 3.32. The first-order valence-corrected chi connectivity index (χ1v) is 10.1. The molecule has 5 nitrogen and oxygen atoms in total. The molecule has 1 amide bonds. The van der Waals surface area contributed by atoms with Crippen LogP contribution in [0, 0.1) is 12.8 Å². The fourth-order valence-electron chi connectivity index (χ4n) is 4.14.